The molecule has 0 aliphatic rings. The summed E-state index contributed by atoms with van der Waals surface area (Å²) in [6.07, 6.45) is 1.51. The number of aryl methyl sites for hydroxylation is 1. The fourth-order valence-electron chi connectivity index (χ4n) is 1.88. The van der Waals surface area contributed by atoms with Gasteiger partial charge in [0.2, 0.25) is 0 Å². The maximum Gasteiger partial charge on any atom is 0.191 e. The van der Waals surface area contributed by atoms with Crippen LogP contribution in [-0.2, 0) is 19.2 Å². The molecule has 0 aliphatic carbocycles. The van der Waals surface area contributed by atoms with E-state index in [4.69, 9.17) is 0 Å². The van der Waals surface area contributed by atoms with Crippen LogP contribution in [0.1, 0.15) is 25.2 Å². The molecule has 8 heteroatoms. The fraction of sp³-hybridized carbons (Fsp3) is 0.500. The number of hydrogen-bond donors (Lipinski definition) is 3. The zero-order valence-electron chi connectivity index (χ0n) is 13.1. The van der Waals surface area contributed by atoms with Gasteiger partial charge in [0, 0.05) is 13.6 Å². The maximum atomic E-state index is 10.5. The molecule has 0 aliphatic heterocycles. The van der Waals surface area contributed by atoms with Crippen LogP contribution in [0.5, 0.6) is 0 Å². The summed E-state index contributed by atoms with van der Waals surface area (Å²) in [6, 6.07) is 1.93. The fourth-order valence-corrected chi connectivity index (χ4v) is 2.67. The SMILES string of the molecule is CCNC(=NCc1ncnn1C)NCC(C)(O)c1ccsc1. The summed E-state index contributed by atoms with van der Waals surface area (Å²) in [5.74, 6) is 1.42. The summed E-state index contributed by atoms with van der Waals surface area (Å²) in [5.41, 5.74) is -0.0461. The minimum atomic E-state index is -0.943. The van der Waals surface area contributed by atoms with Crippen molar-refractivity contribution in [1.29, 1.82) is 0 Å². The lowest BCUT2D eigenvalue weighted by molar-refractivity contribution is 0.0621. The van der Waals surface area contributed by atoms with Gasteiger partial charge >= 0.3 is 0 Å². The van der Waals surface area contributed by atoms with Crippen LogP contribution in [0.2, 0.25) is 0 Å². The number of thiophene rings is 1. The first-order valence-corrected chi connectivity index (χ1v) is 8.07. The van der Waals surface area contributed by atoms with Gasteiger partial charge in [-0.1, -0.05) is 0 Å². The normalized spacial score (nSPS) is 14.6. The average molecular weight is 322 g/mol. The lowest BCUT2D eigenvalue weighted by Crippen LogP contribution is -2.44. The van der Waals surface area contributed by atoms with Crippen LogP contribution < -0.4 is 10.6 Å². The zero-order valence-corrected chi connectivity index (χ0v) is 13.9. The summed E-state index contributed by atoms with van der Waals surface area (Å²) in [7, 11) is 1.83. The Hall–Kier alpha value is -1.93. The van der Waals surface area contributed by atoms with E-state index in [-0.39, 0.29) is 0 Å². The molecule has 0 saturated carbocycles. The van der Waals surface area contributed by atoms with Crippen LogP contribution in [-0.4, -0.2) is 38.9 Å². The topological polar surface area (TPSA) is 87.4 Å². The van der Waals surface area contributed by atoms with Gasteiger partial charge in [-0.15, -0.1) is 0 Å². The highest BCUT2D eigenvalue weighted by Crippen LogP contribution is 2.21. The molecule has 0 radical (unpaired) electrons. The van der Waals surface area contributed by atoms with Gasteiger partial charge in [-0.2, -0.15) is 16.4 Å². The molecule has 0 aromatic carbocycles. The average Bonchev–Trinajstić information content (AvgIpc) is 3.14. The van der Waals surface area contributed by atoms with Gasteiger partial charge in [-0.3, -0.25) is 4.68 Å². The van der Waals surface area contributed by atoms with E-state index >= 15 is 0 Å². The summed E-state index contributed by atoms with van der Waals surface area (Å²) in [6.45, 7) is 5.32. The van der Waals surface area contributed by atoms with Gasteiger partial charge in [-0.25, -0.2) is 9.98 Å². The van der Waals surface area contributed by atoms with Crippen LogP contribution in [0.25, 0.3) is 0 Å². The maximum absolute atomic E-state index is 10.5. The molecule has 3 N–H and O–H groups in total. The van der Waals surface area contributed by atoms with E-state index in [0.29, 0.717) is 19.0 Å². The minimum Gasteiger partial charge on any atom is -0.384 e. The monoisotopic (exact) mass is 322 g/mol. The van der Waals surface area contributed by atoms with Crippen molar-refractivity contribution in [1.82, 2.24) is 25.4 Å². The van der Waals surface area contributed by atoms with E-state index in [1.807, 2.05) is 30.8 Å². The molecule has 2 aromatic rings. The second kappa shape index (κ2) is 7.37. The van der Waals surface area contributed by atoms with Crippen LogP contribution in [0.15, 0.2) is 28.1 Å². The van der Waals surface area contributed by atoms with Gasteiger partial charge in [0.25, 0.3) is 0 Å². The smallest absolute Gasteiger partial charge is 0.191 e. The Morgan fingerprint density at radius 3 is 2.91 bits per heavy atom. The molecule has 7 nitrogen and oxygen atoms in total. The molecule has 0 fully saturated rings. The van der Waals surface area contributed by atoms with Gasteiger partial charge in [0.1, 0.15) is 24.3 Å². The summed E-state index contributed by atoms with van der Waals surface area (Å²) >= 11 is 1.57. The Balaban J connectivity index is 1.98. The first-order chi connectivity index (χ1) is 10.5. The van der Waals surface area contributed by atoms with E-state index in [1.54, 1.807) is 22.9 Å². The molecule has 2 aromatic heterocycles. The third-order valence-electron chi connectivity index (χ3n) is 3.27. The second-order valence-electron chi connectivity index (χ2n) is 5.13. The zero-order chi connectivity index (χ0) is 16.0. The highest BCUT2D eigenvalue weighted by atomic mass is 32.1. The van der Waals surface area contributed by atoms with E-state index in [1.165, 1.54) is 6.33 Å². The van der Waals surface area contributed by atoms with Crippen molar-refractivity contribution in [2.24, 2.45) is 12.0 Å². The summed E-state index contributed by atoms with van der Waals surface area (Å²) in [5, 5.41) is 24.8. The van der Waals surface area contributed by atoms with Crippen molar-refractivity contribution in [2.45, 2.75) is 26.0 Å². The number of aromatic nitrogens is 3. The molecule has 22 heavy (non-hydrogen) atoms. The number of guanidine groups is 1. The van der Waals surface area contributed by atoms with Crippen molar-refractivity contribution in [3.8, 4) is 0 Å². The van der Waals surface area contributed by atoms with E-state index in [9.17, 15) is 5.11 Å². The van der Waals surface area contributed by atoms with Gasteiger partial charge in [0.05, 0.1) is 6.54 Å². The van der Waals surface area contributed by atoms with Gasteiger partial charge in [0.15, 0.2) is 5.96 Å². The first-order valence-electron chi connectivity index (χ1n) is 7.13. The molecule has 0 spiro atoms. The van der Waals surface area contributed by atoms with E-state index in [0.717, 1.165) is 17.9 Å². The van der Waals surface area contributed by atoms with Crippen molar-refractivity contribution >= 4 is 17.3 Å². The van der Waals surface area contributed by atoms with Crippen LogP contribution in [0.4, 0.5) is 0 Å². The quantitative estimate of drug-likeness (QED) is 0.542. The Morgan fingerprint density at radius 1 is 1.50 bits per heavy atom. The Bertz CT molecular complexity index is 605. The van der Waals surface area contributed by atoms with Crippen LogP contribution in [0.3, 0.4) is 0 Å². The molecule has 2 rings (SSSR count). The van der Waals surface area contributed by atoms with Crippen molar-refractivity contribution in [2.75, 3.05) is 13.1 Å². The molecular weight excluding hydrogens is 300 g/mol. The lowest BCUT2D eigenvalue weighted by atomic mass is 9.99. The second-order valence-corrected chi connectivity index (χ2v) is 5.91. The molecule has 0 amide bonds. The Kier molecular flexibility index (Phi) is 5.51. The third-order valence-corrected chi connectivity index (χ3v) is 3.95. The summed E-state index contributed by atoms with van der Waals surface area (Å²) < 4.78 is 1.69. The molecule has 1 atom stereocenters. The number of aliphatic hydroxyl groups is 1. The van der Waals surface area contributed by atoms with Crippen LogP contribution >= 0.6 is 11.3 Å². The van der Waals surface area contributed by atoms with E-state index < -0.39 is 5.60 Å². The molecule has 0 bridgehead atoms. The molecule has 2 heterocycles. The predicted octanol–water partition coefficient (Wildman–Crippen LogP) is 0.839. The number of nitrogens with zero attached hydrogens (tertiary/aromatic N) is 4. The minimum absolute atomic E-state index is 0.369. The molecule has 1 unspecified atom stereocenters. The van der Waals surface area contributed by atoms with E-state index in [2.05, 4.69) is 25.7 Å². The summed E-state index contributed by atoms with van der Waals surface area (Å²) in [4.78, 5) is 8.60. The van der Waals surface area contributed by atoms with Crippen LogP contribution in [0, 0.1) is 0 Å². The highest BCUT2D eigenvalue weighted by molar-refractivity contribution is 7.08. The third kappa shape index (κ3) is 4.28. The van der Waals surface area contributed by atoms with Gasteiger partial charge in [-0.05, 0) is 36.2 Å². The number of aliphatic imine (C=N–C) groups is 1. The number of rotatable bonds is 6. The van der Waals surface area contributed by atoms with Crippen molar-refractivity contribution in [3.05, 3.63) is 34.5 Å². The first kappa shape index (κ1) is 16.4. The van der Waals surface area contributed by atoms with Crippen molar-refractivity contribution in [3.63, 3.8) is 0 Å². The Morgan fingerprint density at radius 2 is 2.32 bits per heavy atom. The largest absolute Gasteiger partial charge is 0.384 e. The molecule has 0 saturated heterocycles. The predicted molar refractivity (Wildman–Crippen MR) is 87.7 cm³/mol. The number of nitrogens with one attached hydrogen (secondary N) is 2. The van der Waals surface area contributed by atoms with Gasteiger partial charge < -0.3 is 15.7 Å². The standard InChI is InChI=1S/C14H22N6OS/c1-4-15-13(16-7-12-18-10-19-20(12)3)17-9-14(2,21)11-5-6-22-8-11/h5-6,8,10,21H,4,7,9H2,1-3H3,(H2,15,16,17). The van der Waals surface area contributed by atoms with Crippen molar-refractivity contribution < 1.29 is 5.11 Å². The molecule has 120 valence electrons. The number of hydrogen-bond acceptors (Lipinski definition) is 5. The lowest BCUT2D eigenvalue weighted by Gasteiger charge is -2.24. The molecular formula is C14H22N6OS. The Labute approximate surface area is 134 Å². The highest BCUT2D eigenvalue weighted by Gasteiger charge is 2.23.